The molecule has 3 aromatic rings. The maximum absolute atomic E-state index is 13.0. The predicted octanol–water partition coefficient (Wildman–Crippen LogP) is 3.60. The fraction of sp³-hybridized carbons (Fsp3) is 0.350. The zero-order valence-corrected chi connectivity index (χ0v) is 18.3. The number of carbonyl (C=O) groups is 1. The molecule has 1 aliphatic heterocycles. The summed E-state index contributed by atoms with van der Waals surface area (Å²) in [5.41, 5.74) is 3.00. The van der Waals surface area contributed by atoms with Crippen LogP contribution in [0.15, 0.2) is 44.3 Å². The third-order valence-electron chi connectivity index (χ3n) is 5.22. The molecule has 0 spiro atoms. The van der Waals surface area contributed by atoms with E-state index in [1.807, 2.05) is 32.0 Å². The Hall–Kier alpha value is -2.56. The Morgan fingerprint density at radius 1 is 1.20 bits per heavy atom. The SMILES string of the molecule is Cc1ccc(-c2nnc(NC(=O)[C@H]3CCCCN3S(=O)(=O)c3cccs3)o2)cc1C. The van der Waals surface area contributed by atoms with Crippen molar-refractivity contribution in [1.29, 1.82) is 0 Å². The van der Waals surface area contributed by atoms with E-state index >= 15 is 0 Å². The normalized spacial score (nSPS) is 17.7. The highest BCUT2D eigenvalue weighted by atomic mass is 32.2. The number of rotatable bonds is 5. The molecule has 1 N–H and O–H groups in total. The van der Waals surface area contributed by atoms with Gasteiger partial charge in [-0.1, -0.05) is 23.7 Å². The van der Waals surface area contributed by atoms with Gasteiger partial charge in [-0.05, 0) is 61.4 Å². The van der Waals surface area contributed by atoms with Crippen LogP contribution < -0.4 is 5.32 Å². The van der Waals surface area contributed by atoms with Crippen LogP contribution in [0.4, 0.5) is 6.01 Å². The van der Waals surface area contributed by atoms with Crippen LogP contribution >= 0.6 is 11.3 Å². The zero-order chi connectivity index (χ0) is 21.3. The van der Waals surface area contributed by atoms with Gasteiger partial charge in [-0.25, -0.2) is 8.42 Å². The molecule has 1 saturated heterocycles. The van der Waals surface area contributed by atoms with Gasteiger partial charge in [-0.2, -0.15) is 4.31 Å². The topological polar surface area (TPSA) is 105 Å². The van der Waals surface area contributed by atoms with E-state index < -0.39 is 22.0 Å². The van der Waals surface area contributed by atoms with E-state index in [1.165, 1.54) is 4.31 Å². The number of thiophene rings is 1. The Morgan fingerprint density at radius 2 is 2.03 bits per heavy atom. The molecule has 30 heavy (non-hydrogen) atoms. The molecule has 1 fully saturated rings. The lowest BCUT2D eigenvalue weighted by Crippen LogP contribution is -2.49. The van der Waals surface area contributed by atoms with Gasteiger partial charge in [0.15, 0.2) is 0 Å². The number of anilines is 1. The Kier molecular flexibility index (Phi) is 5.72. The summed E-state index contributed by atoms with van der Waals surface area (Å²) < 4.78 is 33.0. The molecule has 10 heteroatoms. The van der Waals surface area contributed by atoms with Crippen LogP contribution in [0, 0.1) is 13.8 Å². The average Bonchev–Trinajstić information content (AvgIpc) is 3.43. The molecule has 8 nitrogen and oxygen atoms in total. The van der Waals surface area contributed by atoms with Crippen molar-refractivity contribution in [2.75, 3.05) is 11.9 Å². The highest BCUT2D eigenvalue weighted by Crippen LogP contribution is 2.29. The van der Waals surface area contributed by atoms with E-state index in [-0.39, 0.29) is 10.2 Å². The highest BCUT2D eigenvalue weighted by Gasteiger charge is 2.38. The van der Waals surface area contributed by atoms with Crippen LogP contribution in [0.25, 0.3) is 11.5 Å². The number of aromatic nitrogens is 2. The summed E-state index contributed by atoms with van der Waals surface area (Å²) >= 11 is 1.14. The van der Waals surface area contributed by atoms with Gasteiger partial charge in [-0.15, -0.1) is 16.4 Å². The van der Waals surface area contributed by atoms with Gasteiger partial charge in [0, 0.05) is 12.1 Å². The van der Waals surface area contributed by atoms with E-state index in [1.54, 1.807) is 17.5 Å². The Balaban J connectivity index is 1.53. The van der Waals surface area contributed by atoms with E-state index in [2.05, 4.69) is 15.5 Å². The van der Waals surface area contributed by atoms with Crippen LogP contribution in [0.1, 0.15) is 30.4 Å². The molecule has 0 saturated carbocycles. The molecule has 158 valence electrons. The standard InChI is InChI=1S/C20H22N4O4S2/c1-13-8-9-15(12-14(13)2)19-22-23-20(28-19)21-18(25)16-6-3-4-10-24(16)30(26,27)17-7-5-11-29-17/h5,7-9,11-12,16H,3-4,6,10H2,1-2H3,(H,21,23,25)/t16-/m1/s1. The van der Waals surface area contributed by atoms with Crippen LogP contribution in [-0.2, 0) is 14.8 Å². The molecule has 0 unspecified atom stereocenters. The Morgan fingerprint density at radius 3 is 2.77 bits per heavy atom. The molecule has 1 atom stereocenters. The summed E-state index contributed by atoms with van der Waals surface area (Å²) in [5.74, 6) is -0.176. The maximum Gasteiger partial charge on any atom is 0.322 e. The molecule has 0 aliphatic carbocycles. The number of benzene rings is 1. The summed E-state index contributed by atoms with van der Waals surface area (Å²) in [6, 6.07) is 8.14. The predicted molar refractivity (Wildman–Crippen MR) is 114 cm³/mol. The van der Waals surface area contributed by atoms with Crippen molar-refractivity contribution < 1.29 is 17.6 Å². The monoisotopic (exact) mass is 446 g/mol. The summed E-state index contributed by atoms with van der Waals surface area (Å²) in [6.45, 7) is 4.30. The Labute approximate surface area is 179 Å². The molecular weight excluding hydrogens is 424 g/mol. The number of hydrogen-bond donors (Lipinski definition) is 1. The Bertz CT molecular complexity index is 1160. The number of nitrogens with zero attached hydrogens (tertiary/aromatic N) is 3. The summed E-state index contributed by atoms with van der Waals surface area (Å²) in [7, 11) is -3.73. The first kappa shape index (κ1) is 20.7. The second-order valence-corrected chi connectivity index (χ2v) is 10.3. The van der Waals surface area contributed by atoms with Crippen LogP contribution in [-0.4, -0.2) is 41.4 Å². The summed E-state index contributed by atoms with van der Waals surface area (Å²) in [6.07, 6.45) is 1.92. The molecule has 0 bridgehead atoms. The average molecular weight is 447 g/mol. The zero-order valence-electron chi connectivity index (χ0n) is 16.7. The van der Waals surface area contributed by atoms with Gasteiger partial charge in [0.2, 0.25) is 11.8 Å². The number of nitrogens with one attached hydrogen (secondary N) is 1. The fourth-order valence-electron chi connectivity index (χ4n) is 3.43. The maximum atomic E-state index is 13.0. The van der Waals surface area contributed by atoms with Gasteiger partial charge in [0.1, 0.15) is 10.3 Å². The van der Waals surface area contributed by atoms with Crippen LogP contribution in [0.2, 0.25) is 0 Å². The number of carbonyl (C=O) groups excluding carboxylic acids is 1. The van der Waals surface area contributed by atoms with Crippen LogP contribution in [0.3, 0.4) is 0 Å². The molecular formula is C20H22N4O4S2. The number of piperidine rings is 1. The van der Waals surface area contributed by atoms with E-state index in [0.29, 0.717) is 25.3 Å². The van der Waals surface area contributed by atoms with Gasteiger partial charge >= 0.3 is 6.01 Å². The van der Waals surface area contributed by atoms with Gasteiger partial charge in [0.05, 0.1) is 0 Å². The van der Waals surface area contributed by atoms with E-state index in [4.69, 9.17) is 4.42 Å². The van der Waals surface area contributed by atoms with E-state index in [0.717, 1.165) is 34.4 Å². The lowest BCUT2D eigenvalue weighted by Gasteiger charge is -2.32. The first-order chi connectivity index (χ1) is 14.4. The molecule has 3 heterocycles. The third-order valence-corrected chi connectivity index (χ3v) is 8.50. The number of aryl methyl sites for hydroxylation is 2. The minimum absolute atomic E-state index is 0.0488. The van der Waals surface area contributed by atoms with Crippen molar-refractivity contribution in [3.8, 4) is 11.5 Å². The van der Waals surface area contributed by atoms with Crippen molar-refractivity contribution in [2.24, 2.45) is 0 Å². The van der Waals surface area contributed by atoms with Crippen molar-refractivity contribution in [2.45, 2.75) is 43.4 Å². The minimum atomic E-state index is -3.73. The molecule has 0 radical (unpaired) electrons. The second kappa shape index (κ2) is 8.29. The third kappa shape index (κ3) is 4.03. The molecule has 2 aromatic heterocycles. The first-order valence-electron chi connectivity index (χ1n) is 9.63. The van der Waals surface area contributed by atoms with Crippen molar-refractivity contribution in [1.82, 2.24) is 14.5 Å². The van der Waals surface area contributed by atoms with Crippen molar-refractivity contribution in [3.63, 3.8) is 0 Å². The fourth-order valence-corrected chi connectivity index (χ4v) is 6.21. The lowest BCUT2D eigenvalue weighted by atomic mass is 10.0. The van der Waals surface area contributed by atoms with Gasteiger partial charge in [-0.3, -0.25) is 10.1 Å². The molecule has 1 aromatic carbocycles. The highest BCUT2D eigenvalue weighted by molar-refractivity contribution is 7.91. The molecule has 1 amide bonds. The van der Waals surface area contributed by atoms with E-state index in [9.17, 15) is 13.2 Å². The van der Waals surface area contributed by atoms with Crippen molar-refractivity contribution >= 4 is 33.3 Å². The van der Waals surface area contributed by atoms with Crippen LogP contribution in [0.5, 0.6) is 0 Å². The van der Waals surface area contributed by atoms with Crippen molar-refractivity contribution in [3.05, 3.63) is 46.8 Å². The number of amides is 1. The quantitative estimate of drug-likeness (QED) is 0.642. The lowest BCUT2D eigenvalue weighted by molar-refractivity contribution is -0.120. The minimum Gasteiger partial charge on any atom is -0.403 e. The largest absolute Gasteiger partial charge is 0.403 e. The van der Waals surface area contributed by atoms with Gasteiger partial charge < -0.3 is 4.42 Å². The van der Waals surface area contributed by atoms with Gasteiger partial charge in [0.25, 0.3) is 10.0 Å². The smallest absolute Gasteiger partial charge is 0.322 e. The summed E-state index contributed by atoms with van der Waals surface area (Å²) in [4.78, 5) is 12.9. The number of sulfonamides is 1. The molecule has 1 aliphatic rings. The number of hydrogen-bond acceptors (Lipinski definition) is 7. The second-order valence-electron chi connectivity index (χ2n) is 7.26. The molecule has 4 rings (SSSR count). The summed E-state index contributed by atoms with van der Waals surface area (Å²) in [5, 5.41) is 12.2. The first-order valence-corrected chi connectivity index (χ1v) is 12.0.